The van der Waals surface area contributed by atoms with E-state index in [9.17, 15) is 4.79 Å². The summed E-state index contributed by atoms with van der Waals surface area (Å²) in [6.07, 6.45) is 2.93. The first-order valence-electron chi connectivity index (χ1n) is 4.64. The van der Waals surface area contributed by atoms with Crippen LogP contribution in [0.25, 0.3) is 0 Å². The van der Waals surface area contributed by atoms with Crippen LogP contribution in [0, 0.1) is 0 Å². The zero-order valence-corrected chi connectivity index (χ0v) is 9.10. The fourth-order valence-corrected chi connectivity index (χ4v) is 2.13. The van der Waals surface area contributed by atoms with Crippen molar-refractivity contribution in [3.05, 3.63) is 21.9 Å². The van der Waals surface area contributed by atoms with Gasteiger partial charge in [-0.25, -0.2) is 4.79 Å². The predicted octanol–water partition coefficient (Wildman–Crippen LogP) is 1.82. The minimum Gasteiger partial charge on any atom is -0.465 e. The van der Waals surface area contributed by atoms with Crippen LogP contribution in [0.5, 0.6) is 0 Å². The molecule has 0 atom stereocenters. The lowest BCUT2D eigenvalue weighted by Crippen LogP contribution is -2.03. The Balaban J connectivity index is 2.58. The van der Waals surface area contributed by atoms with Crippen molar-refractivity contribution in [2.75, 3.05) is 13.7 Å². The molecule has 0 aliphatic heterocycles. The second-order valence-corrected chi connectivity index (χ2v) is 3.93. The fourth-order valence-electron chi connectivity index (χ4n) is 1.26. The van der Waals surface area contributed by atoms with E-state index in [0.717, 1.165) is 29.7 Å². The zero-order chi connectivity index (χ0) is 10.4. The van der Waals surface area contributed by atoms with Crippen LogP contribution in [-0.4, -0.2) is 19.6 Å². The minimum absolute atomic E-state index is 0.234. The summed E-state index contributed by atoms with van der Waals surface area (Å²) in [4.78, 5) is 12.0. The molecule has 0 amide bonds. The number of carbonyl (C=O) groups is 1. The Hall–Kier alpha value is -0.870. The Labute approximate surface area is 87.9 Å². The van der Waals surface area contributed by atoms with Gasteiger partial charge in [0.15, 0.2) is 0 Å². The number of thiophene rings is 1. The Morgan fingerprint density at radius 2 is 2.36 bits per heavy atom. The first-order valence-corrected chi connectivity index (χ1v) is 5.52. The summed E-state index contributed by atoms with van der Waals surface area (Å²) >= 11 is 1.43. The van der Waals surface area contributed by atoms with Crippen molar-refractivity contribution in [2.45, 2.75) is 19.3 Å². The summed E-state index contributed by atoms with van der Waals surface area (Å²) < 4.78 is 4.69. The highest BCUT2D eigenvalue weighted by molar-refractivity contribution is 7.12. The summed E-state index contributed by atoms with van der Waals surface area (Å²) in [6, 6.07) is 1.98. The van der Waals surface area contributed by atoms with Gasteiger partial charge in [-0.1, -0.05) is 0 Å². The Morgan fingerprint density at radius 3 is 3.00 bits per heavy atom. The molecule has 0 spiro atoms. The standard InChI is InChI=1S/C10H15NO2S/c1-13-10(12)9-8(5-7-14-9)4-2-3-6-11/h5,7H,2-4,6,11H2,1H3. The third kappa shape index (κ3) is 2.82. The minimum atomic E-state index is -0.234. The molecule has 0 saturated carbocycles. The van der Waals surface area contributed by atoms with Crippen LogP contribution in [0.15, 0.2) is 11.4 Å². The van der Waals surface area contributed by atoms with Crippen LogP contribution in [-0.2, 0) is 11.2 Å². The molecule has 0 aliphatic rings. The smallest absolute Gasteiger partial charge is 0.348 e. The number of nitrogens with two attached hydrogens (primary N) is 1. The molecule has 2 N–H and O–H groups in total. The number of carbonyl (C=O) groups excluding carboxylic acids is 1. The van der Waals surface area contributed by atoms with Gasteiger partial charge in [-0.2, -0.15) is 0 Å². The van der Waals surface area contributed by atoms with Crippen molar-refractivity contribution in [3.63, 3.8) is 0 Å². The summed E-state index contributed by atoms with van der Waals surface area (Å²) in [7, 11) is 1.41. The molecule has 0 unspecified atom stereocenters. The van der Waals surface area contributed by atoms with Crippen molar-refractivity contribution in [1.82, 2.24) is 0 Å². The van der Waals surface area contributed by atoms with E-state index in [1.54, 1.807) is 0 Å². The average molecular weight is 213 g/mol. The molecule has 1 heterocycles. The van der Waals surface area contributed by atoms with Crippen LogP contribution < -0.4 is 5.73 Å². The number of rotatable bonds is 5. The maximum Gasteiger partial charge on any atom is 0.348 e. The van der Waals surface area contributed by atoms with Crippen LogP contribution in [0.4, 0.5) is 0 Å². The van der Waals surface area contributed by atoms with Gasteiger partial charge in [0.25, 0.3) is 0 Å². The largest absolute Gasteiger partial charge is 0.465 e. The highest BCUT2D eigenvalue weighted by Gasteiger charge is 2.12. The molecule has 0 radical (unpaired) electrons. The molecule has 1 aromatic rings. The molecule has 0 bridgehead atoms. The second kappa shape index (κ2) is 5.78. The van der Waals surface area contributed by atoms with Gasteiger partial charge in [-0.15, -0.1) is 11.3 Å². The molecule has 14 heavy (non-hydrogen) atoms. The predicted molar refractivity (Wildman–Crippen MR) is 57.7 cm³/mol. The highest BCUT2D eigenvalue weighted by Crippen LogP contribution is 2.19. The number of hydrogen-bond donors (Lipinski definition) is 1. The molecule has 0 aromatic carbocycles. The molecule has 1 aromatic heterocycles. The van der Waals surface area contributed by atoms with E-state index in [4.69, 9.17) is 5.73 Å². The van der Waals surface area contributed by atoms with Gasteiger partial charge in [-0.05, 0) is 42.8 Å². The molecule has 0 fully saturated rings. The lowest BCUT2D eigenvalue weighted by atomic mass is 10.1. The van der Waals surface area contributed by atoms with E-state index < -0.39 is 0 Å². The van der Waals surface area contributed by atoms with E-state index in [0.29, 0.717) is 6.54 Å². The van der Waals surface area contributed by atoms with Gasteiger partial charge in [-0.3, -0.25) is 0 Å². The Kier molecular flexibility index (Phi) is 4.62. The maximum atomic E-state index is 11.3. The van der Waals surface area contributed by atoms with E-state index in [-0.39, 0.29) is 5.97 Å². The van der Waals surface area contributed by atoms with E-state index >= 15 is 0 Å². The number of unbranched alkanes of at least 4 members (excludes halogenated alkanes) is 1. The summed E-state index contributed by atoms with van der Waals surface area (Å²) in [5, 5.41) is 1.92. The molecule has 1 rings (SSSR count). The topological polar surface area (TPSA) is 52.3 Å². The monoisotopic (exact) mass is 213 g/mol. The van der Waals surface area contributed by atoms with Gasteiger partial charge in [0.2, 0.25) is 0 Å². The Bertz CT molecular complexity index is 296. The molecule has 0 aliphatic carbocycles. The fraction of sp³-hybridized carbons (Fsp3) is 0.500. The summed E-state index contributed by atoms with van der Waals surface area (Å²) in [5.74, 6) is -0.234. The first-order chi connectivity index (χ1) is 6.79. The SMILES string of the molecule is COC(=O)c1sccc1CCCCN. The molecule has 3 nitrogen and oxygen atoms in total. The lowest BCUT2D eigenvalue weighted by Gasteiger charge is -2.01. The summed E-state index contributed by atoms with van der Waals surface area (Å²) in [6.45, 7) is 0.706. The maximum absolute atomic E-state index is 11.3. The number of methoxy groups -OCH3 is 1. The lowest BCUT2D eigenvalue weighted by molar-refractivity contribution is 0.0605. The van der Waals surface area contributed by atoms with Crippen molar-refractivity contribution in [3.8, 4) is 0 Å². The molecular weight excluding hydrogens is 198 g/mol. The van der Waals surface area contributed by atoms with Crippen molar-refractivity contribution in [2.24, 2.45) is 5.73 Å². The van der Waals surface area contributed by atoms with Crippen molar-refractivity contribution in [1.29, 1.82) is 0 Å². The Morgan fingerprint density at radius 1 is 1.57 bits per heavy atom. The van der Waals surface area contributed by atoms with Crippen LogP contribution in [0.1, 0.15) is 28.1 Å². The zero-order valence-electron chi connectivity index (χ0n) is 8.29. The first kappa shape index (κ1) is 11.2. The van der Waals surface area contributed by atoms with Gasteiger partial charge >= 0.3 is 5.97 Å². The number of esters is 1. The van der Waals surface area contributed by atoms with Crippen molar-refractivity contribution < 1.29 is 9.53 Å². The number of hydrogen-bond acceptors (Lipinski definition) is 4. The van der Waals surface area contributed by atoms with Crippen LogP contribution >= 0.6 is 11.3 Å². The molecule has 78 valence electrons. The average Bonchev–Trinajstić information content (AvgIpc) is 2.65. The third-order valence-electron chi connectivity index (χ3n) is 2.02. The third-order valence-corrected chi connectivity index (χ3v) is 2.95. The second-order valence-electron chi connectivity index (χ2n) is 3.01. The van der Waals surface area contributed by atoms with Crippen LogP contribution in [0.3, 0.4) is 0 Å². The van der Waals surface area contributed by atoms with Gasteiger partial charge < -0.3 is 10.5 Å². The van der Waals surface area contributed by atoms with Gasteiger partial charge in [0, 0.05) is 0 Å². The van der Waals surface area contributed by atoms with Crippen LogP contribution in [0.2, 0.25) is 0 Å². The van der Waals surface area contributed by atoms with Gasteiger partial charge in [0.1, 0.15) is 4.88 Å². The van der Waals surface area contributed by atoms with Gasteiger partial charge in [0.05, 0.1) is 7.11 Å². The molecular formula is C10H15NO2S. The highest BCUT2D eigenvalue weighted by atomic mass is 32.1. The quantitative estimate of drug-likeness (QED) is 0.599. The normalized spacial score (nSPS) is 10.1. The van der Waals surface area contributed by atoms with E-state index in [1.807, 2.05) is 11.4 Å². The number of aryl methyl sites for hydroxylation is 1. The molecule has 0 saturated heterocycles. The van der Waals surface area contributed by atoms with E-state index in [1.165, 1.54) is 18.4 Å². The number of ether oxygens (including phenoxy) is 1. The molecule has 4 heteroatoms. The summed E-state index contributed by atoms with van der Waals surface area (Å²) in [5.41, 5.74) is 6.48. The van der Waals surface area contributed by atoms with E-state index in [2.05, 4.69) is 4.74 Å². The van der Waals surface area contributed by atoms with Crippen molar-refractivity contribution >= 4 is 17.3 Å².